The van der Waals surface area contributed by atoms with Gasteiger partial charge in [0.05, 0.1) is 12.1 Å². The molecule has 0 aliphatic rings. The summed E-state index contributed by atoms with van der Waals surface area (Å²) in [4.78, 5) is 35.3. The second kappa shape index (κ2) is 9.64. The van der Waals surface area contributed by atoms with Crippen molar-refractivity contribution in [2.24, 2.45) is 0 Å². The van der Waals surface area contributed by atoms with Crippen LogP contribution in [-0.2, 0) is 22.6 Å². The standard InChI is InChI=1S/C23H17Cl2NO5/c24-17-6-4-14(5-7-17)12-26-13-16(8-15-2-1-3-18(25)9-15)10-19(22(26)29)20(27)11-21(28)23(30)31/h1-7,9-11,13,27H,8,12H2,(H,30,31)/b20-11-. The molecule has 0 saturated heterocycles. The van der Waals surface area contributed by atoms with Gasteiger partial charge in [-0.25, -0.2) is 4.79 Å². The van der Waals surface area contributed by atoms with Crippen LogP contribution in [0.2, 0.25) is 10.0 Å². The van der Waals surface area contributed by atoms with Crippen molar-refractivity contribution in [3.63, 3.8) is 0 Å². The molecule has 158 valence electrons. The molecule has 1 aromatic heterocycles. The van der Waals surface area contributed by atoms with Crippen LogP contribution in [0.25, 0.3) is 5.76 Å². The van der Waals surface area contributed by atoms with Crippen molar-refractivity contribution in [3.05, 3.63) is 110 Å². The lowest BCUT2D eigenvalue weighted by atomic mass is 10.0. The number of aliphatic hydroxyl groups is 1. The van der Waals surface area contributed by atoms with E-state index in [2.05, 4.69) is 0 Å². The van der Waals surface area contributed by atoms with Crippen LogP contribution in [-0.4, -0.2) is 26.5 Å². The van der Waals surface area contributed by atoms with Crippen molar-refractivity contribution in [1.29, 1.82) is 0 Å². The summed E-state index contributed by atoms with van der Waals surface area (Å²) in [5, 5.41) is 20.2. The number of aliphatic carboxylic acids is 1. The molecule has 2 N–H and O–H groups in total. The Balaban J connectivity index is 2.07. The number of aliphatic hydroxyl groups excluding tert-OH is 1. The molecule has 0 radical (unpaired) electrons. The molecule has 6 nitrogen and oxygen atoms in total. The topological polar surface area (TPSA) is 96.6 Å². The summed E-state index contributed by atoms with van der Waals surface area (Å²) in [5.74, 6) is -3.78. The van der Waals surface area contributed by atoms with E-state index in [0.717, 1.165) is 11.1 Å². The predicted octanol–water partition coefficient (Wildman–Crippen LogP) is 4.35. The molecule has 0 spiro atoms. The number of carbonyl (C=O) groups excluding carboxylic acids is 1. The van der Waals surface area contributed by atoms with Gasteiger partial charge in [-0.2, -0.15) is 0 Å². The minimum Gasteiger partial charge on any atom is -0.507 e. The summed E-state index contributed by atoms with van der Waals surface area (Å²) in [6.07, 6.45) is 2.57. The van der Waals surface area contributed by atoms with Crippen LogP contribution in [0.1, 0.15) is 22.3 Å². The third-order valence-corrected chi connectivity index (χ3v) is 4.95. The summed E-state index contributed by atoms with van der Waals surface area (Å²) in [7, 11) is 0. The quantitative estimate of drug-likeness (QED) is 0.312. The van der Waals surface area contributed by atoms with Gasteiger partial charge in [0, 0.05) is 22.3 Å². The van der Waals surface area contributed by atoms with E-state index in [1.54, 1.807) is 48.7 Å². The molecule has 31 heavy (non-hydrogen) atoms. The van der Waals surface area contributed by atoms with E-state index in [9.17, 15) is 19.5 Å². The number of rotatable bonds is 7. The zero-order chi connectivity index (χ0) is 22.5. The lowest BCUT2D eigenvalue weighted by Gasteiger charge is -2.12. The lowest BCUT2D eigenvalue weighted by Crippen LogP contribution is -2.25. The number of nitrogens with zero attached hydrogens (tertiary/aromatic N) is 1. The Morgan fingerprint density at radius 1 is 0.903 bits per heavy atom. The SMILES string of the molecule is O=C(O)C(=O)/C=C(\O)c1cc(Cc2cccc(Cl)c2)cn(Cc2ccc(Cl)cc2)c1=O. The molecule has 0 atom stereocenters. The average molecular weight is 458 g/mol. The van der Waals surface area contributed by atoms with E-state index in [0.29, 0.717) is 28.1 Å². The summed E-state index contributed by atoms with van der Waals surface area (Å²) < 4.78 is 1.38. The first-order valence-corrected chi connectivity index (χ1v) is 9.89. The number of carbonyl (C=O) groups is 2. The Morgan fingerprint density at radius 2 is 1.61 bits per heavy atom. The largest absolute Gasteiger partial charge is 0.507 e. The Morgan fingerprint density at radius 3 is 2.26 bits per heavy atom. The monoisotopic (exact) mass is 457 g/mol. The highest BCUT2D eigenvalue weighted by atomic mass is 35.5. The highest BCUT2D eigenvalue weighted by molar-refractivity contribution is 6.38. The van der Waals surface area contributed by atoms with Gasteiger partial charge in [-0.15, -0.1) is 0 Å². The molecule has 3 aromatic rings. The number of aromatic nitrogens is 1. The number of ketones is 1. The van der Waals surface area contributed by atoms with Gasteiger partial charge in [0.25, 0.3) is 11.3 Å². The van der Waals surface area contributed by atoms with Gasteiger partial charge in [-0.3, -0.25) is 9.59 Å². The number of carboxylic acids is 1. The highest BCUT2D eigenvalue weighted by Gasteiger charge is 2.16. The normalized spacial score (nSPS) is 11.4. The average Bonchev–Trinajstić information content (AvgIpc) is 2.71. The Kier molecular flexibility index (Phi) is 6.95. The molecule has 8 heteroatoms. The molecule has 3 rings (SSSR count). The number of benzene rings is 2. The Hall–Kier alpha value is -3.35. The second-order valence-electron chi connectivity index (χ2n) is 6.83. The van der Waals surface area contributed by atoms with E-state index >= 15 is 0 Å². The first kappa shape index (κ1) is 22.3. The second-order valence-corrected chi connectivity index (χ2v) is 7.70. The number of carboxylic acid groups (broad SMARTS) is 1. The fourth-order valence-electron chi connectivity index (χ4n) is 3.03. The predicted molar refractivity (Wildman–Crippen MR) is 119 cm³/mol. The molecule has 1 heterocycles. The van der Waals surface area contributed by atoms with Crippen molar-refractivity contribution in [1.82, 2.24) is 4.57 Å². The van der Waals surface area contributed by atoms with Crippen molar-refractivity contribution >= 4 is 40.7 Å². The third kappa shape index (κ3) is 5.84. The number of hydrogen-bond acceptors (Lipinski definition) is 4. The minimum absolute atomic E-state index is 0.178. The highest BCUT2D eigenvalue weighted by Crippen LogP contribution is 2.18. The smallest absolute Gasteiger partial charge is 0.376 e. The molecule has 0 aliphatic carbocycles. The molecule has 0 aliphatic heterocycles. The molecular formula is C23H17Cl2NO5. The van der Waals surface area contributed by atoms with Crippen LogP contribution in [0.3, 0.4) is 0 Å². The summed E-state index contributed by atoms with van der Waals surface area (Å²) in [6, 6.07) is 15.5. The van der Waals surface area contributed by atoms with Crippen molar-refractivity contribution in [3.8, 4) is 0 Å². The maximum Gasteiger partial charge on any atom is 0.376 e. The van der Waals surface area contributed by atoms with Crippen molar-refractivity contribution in [2.45, 2.75) is 13.0 Å². The zero-order valence-electron chi connectivity index (χ0n) is 16.1. The zero-order valence-corrected chi connectivity index (χ0v) is 17.6. The Labute approximate surface area is 187 Å². The van der Waals surface area contributed by atoms with Gasteiger partial charge in [0.1, 0.15) is 5.76 Å². The van der Waals surface area contributed by atoms with Crippen molar-refractivity contribution < 1.29 is 19.8 Å². The van der Waals surface area contributed by atoms with E-state index in [1.807, 2.05) is 6.07 Å². The van der Waals surface area contributed by atoms with E-state index in [-0.39, 0.29) is 12.1 Å². The molecule has 2 aromatic carbocycles. The van der Waals surface area contributed by atoms with Crippen LogP contribution >= 0.6 is 23.2 Å². The molecule has 0 saturated carbocycles. The molecule has 0 fully saturated rings. The van der Waals surface area contributed by atoms with Gasteiger partial charge in [0.2, 0.25) is 0 Å². The van der Waals surface area contributed by atoms with Crippen LogP contribution in [0, 0.1) is 0 Å². The molecule has 0 amide bonds. The summed E-state index contributed by atoms with van der Waals surface area (Å²) in [6.45, 7) is 0.187. The van der Waals surface area contributed by atoms with Gasteiger partial charge >= 0.3 is 5.97 Å². The van der Waals surface area contributed by atoms with Gasteiger partial charge in [-0.05, 0) is 53.4 Å². The number of pyridine rings is 1. The minimum atomic E-state index is -1.73. The molecule has 0 unspecified atom stereocenters. The van der Waals surface area contributed by atoms with Crippen molar-refractivity contribution in [2.75, 3.05) is 0 Å². The van der Waals surface area contributed by atoms with E-state index in [1.165, 1.54) is 10.6 Å². The maximum atomic E-state index is 12.9. The van der Waals surface area contributed by atoms with E-state index in [4.69, 9.17) is 28.3 Å². The van der Waals surface area contributed by atoms with Gasteiger partial charge in [-0.1, -0.05) is 47.5 Å². The number of hydrogen-bond donors (Lipinski definition) is 2. The fraction of sp³-hybridized carbons (Fsp3) is 0.0870. The third-order valence-electron chi connectivity index (χ3n) is 4.46. The first-order valence-electron chi connectivity index (χ1n) is 9.13. The van der Waals surface area contributed by atoms with E-state index < -0.39 is 23.1 Å². The van der Waals surface area contributed by atoms with Crippen LogP contribution in [0.5, 0.6) is 0 Å². The lowest BCUT2D eigenvalue weighted by molar-refractivity contribution is -0.146. The first-order chi connectivity index (χ1) is 14.7. The van der Waals surface area contributed by atoms with Crippen LogP contribution < -0.4 is 5.56 Å². The van der Waals surface area contributed by atoms with Gasteiger partial charge < -0.3 is 14.8 Å². The fourth-order valence-corrected chi connectivity index (χ4v) is 3.37. The summed E-state index contributed by atoms with van der Waals surface area (Å²) in [5.41, 5.74) is 1.58. The van der Waals surface area contributed by atoms with Crippen LogP contribution in [0.15, 0.2) is 71.7 Å². The molecule has 0 bridgehead atoms. The number of halogens is 2. The maximum absolute atomic E-state index is 12.9. The Bertz CT molecular complexity index is 1230. The molecular weight excluding hydrogens is 441 g/mol. The van der Waals surface area contributed by atoms with Crippen LogP contribution in [0.4, 0.5) is 0 Å². The summed E-state index contributed by atoms with van der Waals surface area (Å²) >= 11 is 12.0. The van der Waals surface area contributed by atoms with Gasteiger partial charge in [0.15, 0.2) is 0 Å².